The summed E-state index contributed by atoms with van der Waals surface area (Å²) in [6.45, 7) is 0.604. The number of thiazole rings is 1. The Morgan fingerprint density at radius 2 is 1.75 bits per heavy atom. The van der Waals surface area contributed by atoms with E-state index in [9.17, 15) is 14.5 Å². The zero-order valence-electron chi connectivity index (χ0n) is 16.5. The van der Waals surface area contributed by atoms with Crippen LogP contribution in [-0.2, 0) is 13.0 Å². The molecule has 1 heterocycles. The van der Waals surface area contributed by atoms with Crippen LogP contribution in [0, 0.1) is 15.9 Å². The second-order valence-electron chi connectivity index (χ2n) is 6.95. The lowest BCUT2D eigenvalue weighted by Crippen LogP contribution is -2.17. The zero-order chi connectivity index (χ0) is 22.7. The highest BCUT2D eigenvalue weighted by Crippen LogP contribution is 2.25. The Morgan fingerprint density at radius 1 is 1.03 bits per heavy atom. The summed E-state index contributed by atoms with van der Waals surface area (Å²) in [5.74, 6) is -0.534. The first-order valence-electron chi connectivity index (χ1n) is 9.58. The van der Waals surface area contributed by atoms with E-state index in [1.54, 1.807) is 18.2 Å². The fourth-order valence-electron chi connectivity index (χ4n) is 3.18. The molecular formula is C23H16Cl2FN3O2S. The molecule has 0 aliphatic carbocycles. The van der Waals surface area contributed by atoms with E-state index in [0.29, 0.717) is 22.1 Å². The largest absolute Gasteiger partial charge is 0.316 e. The lowest BCUT2D eigenvalue weighted by molar-refractivity contribution is -0.384. The van der Waals surface area contributed by atoms with Gasteiger partial charge in [0.25, 0.3) is 5.69 Å². The first-order valence-corrected chi connectivity index (χ1v) is 11.2. The number of benzene rings is 3. The highest BCUT2D eigenvalue weighted by atomic mass is 35.5. The Kier molecular flexibility index (Phi) is 6.69. The van der Waals surface area contributed by atoms with Crippen molar-refractivity contribution < 1.29 is 9.31 Å². The van der Waals surface area contributed by atoms with Crippen LogP contribution in [0.3, 0.4) is 0 Å². The summed E-state index contributed by atoms with van der Waals surface area (Å²) in [5.41, 5.74) is 3.27. The molecule has 0 fully saturated rings. The van der Waals surface area contributed by atoms with Crippen molar-refractivity contribution in [1.29, 1.82) is 0 Å². The van der Waals surface area contributed by atoms with E-state index in [1.807, 2.05) is 34.2 Å². The number of nitro groups is 1. The van der Waals surface area contributed by atoms with Gasteiger partial charge in [-0.3, -0.25) is 10.1 Å². The Morgan fingerprint density at radius 3 is 2.41 bits per heavy atom. The van der Waals surface area contributed by atoms with Crippen LogP contribution in [0.25, 0.3) is 11.3 Å². The van der Waals surface area contributed by atoms with Crippen LogP contribution >= 0.6 is 34.5 Å². The van der Waals surface area contributed by atoms with Gasteiger partial charge in [-0.05, 0) is 53.9 Å². The second kappa shape index (κ2) is 9.65. The summed E-state index contributed by atoms with van der Waals surface area (Å²) in [7, 11) is 0. The molecule has 0 radical (unpaired) electrons. The molecule has 0 saturated carbocycles. The number of aromatic nitrogens is 1. The van der Waals surface area contributed by atoms with Crippen LogP contribution in [-0.4, -0.2) is 9.49 Å². The number of nitro benzene ring substituents is 1. The van der Waals surface area contributed by atoms with Gasteiger partial charge < -0.3 is 4.57 Å². The summed E-state index contributed by atoms with van der Waals surface area (Å²) in [4.78, 5) is 15.9. The minimum atomic E-state index is -0.534. The summed E-state index contributed by atoms with van der Waals surface area (Å²) in [6, 6.07) is 18.4. The number of hydrogen-bond donors (Lipinski definition) is 0. The number of aryl methyl sites for hydroxylation is 1. The molecule has 1 aromatic heterocycles. The number of halogens is 3. The minimum Gasteiger partial charge on any atom is -0.316 e. The molecule has 4 rings (SSSR count). The van der Waals surface area contributed by atoms with Crippen molar-refractivity contribution in [3.8, 4) is 11.3 Å². The lowest BCUT2D eigenvalue weighted by atomic mass is 10.1. The van der Waals surface area contributed by atoms with Crippen molar-refractivity contribution in [3.63, 3.8) is 0 Å². The average molecular weight is 488 g/mol. The first kappa shape index (κ1) is 22.2. The van der Waals surface area contributed by atoms with Gasteiger partial charge in [-0.2, -0.15) is 0 Å². The minimum absolute atomic E-state index is 0.0262. The van der Waals surface area contributed by atoms with Gasteiger partial charge in [-0.15, -0.1) is 11.3 Å². The molecule has 0 aliphatic rings. The highest BCUT2D eigenvalue weighted by Gasteiger charge is 2.11. The molecule has 0 spiro atoms. The van der Waals surface area contributed by atoms with Crippen molar-refractivity contribution in [2.45, 2.75) is 13.0 Å². The number of hydrogen-bond acceptors (Lipinski definition) is 4. The summed E-state index contributed by atoms with van der Waals surface area (Å²) in [5, 5.41) is 13.6. The molecule has 0 bridgehead atoms. The predicted octanol–water partition coefficient (Wildman–Crippen LogP) is 7.05. The van der Waals surface area contributed by atoms with Gasteiger partial charge in [-0.1, -0.05) is 35.3 Å². The molecule has 0 unspecified atom stereocenters. The normalized spacial score (nSPS) is 11.7. The average Bonchev–Trinajstić information content (AvgIpc) is 3.18. The fraction of sp³-hybridized carbons (Fsp3) is 0.0870. The van der Waals surface area contributed by atoms with Crippen LogP contribution in [0.15, 0.2) is 77.1 Å². The summed E-state index contributed by atoms with van der Waals surface area (Å²) in [6.07, 6.45) is 0.718. The van der Waals surface area contributed by atoms with E-state index in [2.05, 4.69) is 4.99 Å². The van der Waals surface area contributed by atoms with Gasteiger partial charge in [0, 0.05) is 35.1 Å². The quantitative estimate of drug-likeness (QED) is 0.216. The summed E-state index contributed by atoms with van der Waals surface area (Å²) >= 11 is 13.2. The molecule has 32 heavy (non-hydrogen) atoms. The van der Waals surface area contributed by atoms with Crippen molar-refractivity contribution in [2.75, 3.05) is 0 Å². The molecule has 0 N–H and O–H groups in total. The molecular weight excluding hydrogens is 472 g/mol. The van der Waals surface area contributed by atoms with Crippen molar-refractivity contribution in [1.82, 2.24) is 4.57 Å². The van der Waals surface area contributed by atoms with E-state index >= 15 is 0 Å². The monoisotopic (exact) mass is 487 g/mol. The van der Waals surface area contributed by atoms with E-state index < -0.39 is 10.7 Å². The van der Waals surface area contributed by atoms with Gasteiger partial charge in [-0.25, -0.2) is 9.38 Å². The van der Waals surface area contributed by atoms with Gasteiger partial charge in [0.05, 0.1) is 21.3 Å². The van der Waals surface area contributed by atoms with E-state index in [0.717, 1.165) is 23.2 Å². The standard InChI is InChI=1S/C23H16Cl2FN3O2S/c24-17-5-1-15(2-6-17)11-12-28-22(16-3-8-19(9-4-16)29(30)31)14-32-23(28)27-18-7-10-20(25)21(26)13-18/h1-10,13-14H,11-12H2. The van der Waals surface area contributed by atoms with Crippen LogP contribution in [0.1, 0.15) is 5.56 Å². The lowest BCUT2D eigenvalue weighted by Gasteiger charge is -2.10. The van der Waals surface area contributed by atoms with Crippen molar-refractivity contribution >= 4 is 45.9 Å². The Hall–Kier alpha value is -3.00. The zero-order valence-corrected chi connectivity index (χ0v) is 18.9. The maximum atomic E-state index is 13.9. The van der Waals surface area contributed by atoms with Gasteiger partial charge >= 0.3 is 0 Å². The molecule has 3 aromatic carbocycles. The third kappa shape index (κ3) is 5.07. The number of rotatable bonds is 6. The van der Waals surface area contributed by atoms with Gasteiger partial charge in [0.1, 0.15) is 5.82 Å². The SMILES string of the molecule is O=[N+]([O-])c1ccc(-c2csc(=Nc3ccc(Cl)c(F)c3)n2CCc2ccc(Cl)cc2)cc1. The maximum Gasteiger partial charge on any atom is 0.269 e. The third-order valence-electron chi connectivity index (χ3n) is 4.84. The van der Waals surface area contributed by atoms with Crippen LogP contribution in [0.5, 0.6) is 0 Å². The molecule has 0 aliphatic heterocycles. The highest BCUT2D eigenvalue weighted by molar-refractivity contribution is 7.07. The number of non-ortho nitro benzene ring substituents is 1. The van der Waals surface area contributed by atoms with Crippen LogP contribution in [0.2, 0.25) is 10.0 Å². The van der Waals surface area contributed by atoms with Crippen molar-refractivity contribution in [2.24, 2.45) is 4.99 Å². The molecule has 0 saturated heterocycles. The topological polar surface area (TPSA) is 60.4 Å². The molecule has 5 nitrogen and oxygen atoms in total. The molecule has 162 valence electrons. The number of nitrogens with zero attached hydrogens (tertiary/aromatic N) is 3. The first-order chi connectivity index (χ1) is 15.4. The van der Waals surface area contributed by atoms with Crippen LogP contribution in [0.4, 0.5) is 15.8 Å². The molecule has 9 heteroatoms. The summed E-state index contributed by atoms with van der Waals surface area (Å²) < 4.78 is 15.9. The Bertz CT molecular complexity index is 1330. The van der Waals surface area contributed by atoms with Gasteiger partial charge in [0.15, 0.2) is 4.80 Å². The second-order valence-corrected chi connectivity index (χ2v) is 8.63. The fourth-order valence-corrected chi connectivity index (χ4v) is 4.38. The Balaban J connectivity index is 1.75. The maximum absolute atomic E-state index is 13.9. The van der Waals surface area contributed by atoms with Crippen molar-refractivity contribution in [3.05, 3.63) is 108 Å². The molecule has 4 aromatic rings. The van der Waals surface area contributed by atoms with Crippen LogP contribution < -0.4 is 4.80 Å². The predicted molar refractivity (Wildman–Crippen MR) is 126 cm³/mol. The third-order valence-corrected chi connectivity index (χ3v) is 6.26. The molecule has 0 amide bonds. The van der Waals surface area contributed by atoms with Gasteiger partial charge in [0.2, 0.25) is 0 Å². The Labute approximate surface area is 197 Å². The van der Waals surface area contributed by atoms with E-state index in [1.165, 1.54) is 35.6 Å². The smallest absolute Gasteiger partial charge is 0.269 e. The van der Waals surface area contributed by atoms with E-state index in [-0.39, 0.29) is 10.7 Å². The van der Waals surface area contributed by atoms with E-state index in [4.69, 9.17) is 23.2 Å². The molecule has 0 atom stereocenters.